The molecule has 0 fully saturated rings. The topological polar surface area (TPSA) is 46.2 Å². The van der Waals surface area contributed by atoms with E-state index in [1.807, 2.05) is 0 Å². The molecule has 0 aliphatic heterocycles. The van der Waals surface area contributed by atoms with Crippen LogP contribution in [0.1, 0.15) is 20.8 Å². The van der Waals surface area contributed by atoms with Gasteiger partial charge in [0.05, 0.1) is 9.92 Å². The van der Waals surface area contributed by atoms with Crippen molar-refractivity contribution < 1.29 is 8.42 Å². The van der Waals surface area contributed by atoms with Gasteiger partial charge in [0, 0.05) is 10.0 Å². The highest BCUT2D eigenvalue weighted by molar-refractivity contribution is 9.10. The Morgan fingerprint density at radius 3 is 2.31 bits per heavy atom. The van der Waals surface area contributed by atoms with E-state index in [2.05, 4.69) is 20.7 Å². The number of hydrogen-bond donors (Lipinski definition) is 1. The molecule has 0 aliphatic carbocycles. The third kappa shape index (κ3) is 3.73. The maximum atomic E-state index is 11.9. The summed E-state index contributed by atoms with van der Waals surface area (Å²) in [6, 6.07) is 4.50. The molecule has 16 heavy (non-hydrogen) atoms. The summed E-state index contributed by atoms with van der Waals surface area (Å²) in [6.45, 7) is 5.36. The molecule has 0 atom stereocenters. The van der Waals surface area contributed by atoms with Gasteiger partial charge in [0.25, 0.3) is 0 Å². The largest absolute Gasteiger partial charge is 0.241 e. The van der Waals surface area contributed by atoms with Crippen molar-refractivity contribution in [3.8, 4) is 0 Å². The van der Waals surface area contributed by atoms with Crippen LogP contribution in [0.3, 0.4) is 0 Å². The number of hydrogen-bond acceptors (Lipinski definition) is 2. The molecule has 1 aromatic carbocycles. The maximum Gasteiger partial charge on any atom is 0.241 e. The van der Waals surface area contributed by atoms with E-state index < -0.39 is 15.6 Å². The number of rotatable bonds is 2. The quantitative estimate of drug-likeness (QED) is 0.907. The number of benzene rings is 1. The zero-order chi connectivity index (χ0) is 12.6. The van der Waals surface area contributed by atoms with Gasteiger partial charge >= 0.3 is 0 Å². The molecular formula is C10H13BrClNO2S. The molecule has 6 heteroatoms. The van der Waals surface area contributed by atoms with Crippen LogP contribution in [0.4, 0.5) is 0 Å². The first-order valence-corrected chi connectivity index (χ1v) is 7.26. The zero-order valence-corrected chi connectivity index (χ0v) is 12.4. The van der Waals surface area contributed by atoms with Gasteiger partial charge in [0.1, 0.15) is 0 Å². The van der Waals surface area contributed by atoms with Gasteiger partial charge < -0.3 is 0 Å². The van der Waals surface area contributed by atoms with Crippen molar-refractivity contribution in [2.24, 2.45) is 0 Å². The Balaban J connectivity index is 3.13. The molecule has 0 radical (unpaired) electrons. The molecule has 0 aliphatic rings. The Labute approximate surface area is 109 Å². The van der Waals surface area contributed by atoms with E-state index in [1.54, 1.807) is 26.8 Å². The highest BCUT2D eigenvalue weighted by atomic mass is 79.9. The Hall–Kier alpha value is -0.100. The molecule has 0 amide bonds. The molecule has 1 rings (SSSR count). The summed E-state index contributed by atoms with van der Waals surface area (Å²) in [5, 5.41) is 0.481. The van der Waals surface area contributed by atoms with Crippen LogP contribution in [0.5, 0.6) is 0 Å². The Morgan fingerprint density at radius 1 is 1.31 bits per heavy atom. The van der Waals surface area contributed by atoms with Crippen molar-refractivity contribution in [2.75, 3.05) is 0 Å². The lowest BCUT2D eigenvalue weighted by Gasteiger charge is -2.20. The molecule has 0 saturated carbocycles. The smallest absolute Gasteiger partial charge is 0.207 e. The summed E-state index contributed by atoms with van der Waals surface area (Å²) < 4.78 is 27.0. The van der Waals surface area contributed by atoms with Crippen LogP contribution in [0.15, 0.2) is 27.6 Å². The van der Waals surface area contributed by atoms with Crippen LogP contribution < -0.4 is 4.72 Å². The van der Waals surface area contributed by atoms with E-state index in [-0.39, 0.29) is 4.90 Å². The minimum Gasteiger partial charge on any atom is -0.207 e. The van der Waals surface area contributed by atoms with E-state index in [1.165, 1.54) is 12.1 Å². The third-order valence-corrected chi connectivity index (χ3v) is 4.61. The molecule has 0 heterocycles. The second-order valence-corrected chi connectivity index (χ2v) is 7.38. The first-order chi connectivity index (χ1) is 7.12. The van der Waals surface area contributed by atoms with Gasteiger partial charge in [0.15, 0.2) is 0 Å². The number of nitrogens with one attached hydrogen (secondary N) is 1. The van der Waals surface area contributed by atoms with Crippen molar-refractivity contribution in [3.05, 3.63) is 27.7 Å². The van der Waals surface area contributed by atoms with E-state index in [0.717, 1.165) is 0 Å². The standard InChI is InChI=1S/C10H13BrClNO2S/c1-10(2,3)13-16(14,15)7-4-5-9(12)8(11)6-7/h4-6,13H,1-3H3. The predicted molar refractivity (Wildman–Crippen MR) is 69.2 cm³/mol. The Kier molecular flexibility index (Phi) is 4.05. The molecule has 3 nitrogen and oxygen atoms in total. The summed E-state index contributed by atoms with van der Waals surface area (Å²) in [5.41, 5.74) is -0.509. The van der Waals surface area contributed by atoms with E-state index in [0.29, 0.717) is 9.50 Å². The average molecular weight is 327 g/mol. The summed E-state index contributed by atoms with van der Waals surface area (Å²) in [5.74, 6) is 0. The SMILES string of the molecule is CC(C)(C)NS(=O)(=O)c1ccc(Cl)c(Br)c1. The molecule has 0 saturated heterocycles. The van der Waals surface area contributed by atoms with Crippen molar-refractivity contribution >= 4 is 37.6 Å². The first-order valence-electron chi connectivity index (χ1n) is 4.61. The van der Waals surface area contributed by atoms with E-state index in [9.17, 15) is 8.42 Å². The zero-order valence-electron chi connectivity index (χ0n) is 9.21. The lowest BCUT2D eigenvalue weighted by Crippen LogP contribution is -2.40. The van der Waals surface area contributed by atoms with Crippen LogP contribution in [0.25, 0.3) is 0 Å². The summed E-state index contributed by atoms with van der Waals surface area (Å²) in [6.07, 6.45) is 0. The van der Waals surface area contributed by atoms with Gasteiger partial charge in [0.2, 0.25) is 10.0 Å². The average Bonchev–Trinajstić information content (AvgIpc) is 2.05. The Bertz CT molecular complexity index is 494. The van der Waals surface area contributed by atoms with Crippen LogP contribution in [0, 0.1) is 0 Å². The van der Waals surface area contributed by atoms with Crippen molar-refractivity contribution in [1.82, 2.24) is 4.72 Å². The van der Waals surface area contributed by atoms with Gasteiger partial charge in [-0.25, -0.2) is 13.1 Å². The minimum atomic E-state index is -3.50. The predicted octanol–water partition coefficient (Wildman–Crippen LogP) is 3.18. The van der Waals surface area contributed by atoms with Crippen LogP contribution in [0.2, 0.25) is 5.02 Å². The molecule has 0 aromatic heterocycles. The highest BCUT2D eigenvalue weighted by Crippen LogP contribution is 2.25. The third-order valence-electron chi connectivity index (χ3n) is 1.64. The fraction of sp³-hybridized carbons (Fsp3) is 0.400. The minimum absolute atomic E-state index is 0.193. The summed E-state index contributed by atoms with van der Waals surface area (Å²) >= 11 is 9.00. The summed E-state index contributed by atoms with van der Waals surface area (Å²) in [4.78, 5) is 0.193. The van der Waals surface area contributed by atoms with Gasteiger partial charge in [-0.05, 0) is 54.9 Å². The molecular weight excluding hydrogens is 314 g/mol. The first kappa shape index (κ1) is 14.0. The van der Waals surface area contributed by atoms with Crippen molar-refractivity contribution in [1.29, 1.82) is 0 Å². The number of halogens is 2. The molecule has 90 valence electrons. The van der Waals surface area contributed by atoms with Crippen LogP contribution in [-0.2, 0) is 10.0 Å². The second kappa shape index (κ2) is 4.64. The summed E-state index contributed by atoms with van der Waals surface area (Å²) in [7, 11) is -3.50. The molecule has 1 aromatic rings. The molecule has 0 bridgehead atoms. The molecule has 0 unspecified atom stereocenters. The lowest BCUT2D eigenvalue weighted by molar-refractivity contribution is 0.491. The fourth-order valence-electron chi connectivity index (χ4n) is 1.11. The molecule has 1 N–H and O–H groups in total. The fourth-order valence-corrected chi connectivity index (χ4v) is 3.20. The monoisotopic (exact) mass is 325 g/mol. The van der Waals surface area contributed by atoms with Crippen molar-refractivity contribution in [3.63, 3.8) is 0 Å². The van der Waals surface area contributed by atoms with E-state index in [4.69, 9.17) is 11.6 Å². The lowest BCUT2D eigenvalue weighted by atomic mass is 10.1. The van der Waals surface area contributed by atoms with Crippen LogP contribution in [-0.4, -0.2) is 14.0 Å². The van der Waals surface area contributed by atoms with E-state index >= 15 is 0 Å². The maximum absolute atomic E-state index is 11.9. The highest BCUT2D eigenvalue weighted by Gasteiger charge is 2.22. The Morgan fingerprint density at radius 2 is 1.88 bits per heavy atom. The van der Waals surface area contributed by atoms with Gasteiger partial charge in [-0.1, -0.05) is 11.6 Å². The number of sulfonamides is 1. The van der Waals surface area contributed by atoms with Crippen molar-refractivity contribution in [2.45, 2.75) is 31.2 Å². The van der Waals surface area contributed by atoms with Gasteiger partial charge in [-0.2, -0.15) is 0 Å². The molecule has 0 spiro atoms. The normalized spacial score (nSPS) is 12.8. The van der Waals surface area contributed by atoms with Gasteiger partial charge in [-0.3, -0.25) is 0 Å². The van der Waals surface area contributed by atoms with Gasteiger partial charge in [-0.15, -0.1) is 0 Å². The van der Waals surface area contributed by atoms with Crippen LogP contribution >= 0.6 is 27.5 Å². The second-order valence-electron chi connectivity index (χ2n) is 4.43.